The van der Waals surface area contributed by atoms with E-state index in [-0.39, 0.29) is 11.7 Å². The van der Waals surface area contributed by atoms with E-state index >= 15 is 0 Å². The van der Waals surface area contributed by atoms with Crippen molar-refractivity contribution in [2.45, 2.75) is 13.8 Å². The number of phenolic OH excluding ortho intramolecular Hbond substituents is 1. The number of carbonyl (C=O) groups excluding carboxylic acids is 1. The SMILES string of the molecule is COc1cc(/C=C2\SC(=Nc3cc(C)c(Br)c(C)c3)NC2=O)cc(Br)c1O. The molecule has 2 aromatic rings. The zero-order valence-electron chi connectivity index (χ0n) is 14.8. The van der Waals surface area contributed by atoms with Gasteiger partial charge >= 0.3 is 0 Å². The van der Waals surface area contributed by atoms with Crippen LogP contribution in [0.15, 0.2) is 43.1 Å². The first-order chi connectivity index (χ1) is 12.8. The molecular weight excluding hydrogens is 496 g/mol. The first kappa shape index (κ1) is 20.0. The Kier molecular flexibility index (Phi) is 5.98. The Balaban J connectivity index is 1.90. The third kappa shape index (κ3) is 4.39. The maximum Gasteiger partial charge on any atom is 0.264 e. The second-order valence-electron chi connectivity index (χ2n) is 5.93. The van der Waals surface area contributed by atoms with Gasteiger partial charge in [0.2, 0.25) is 0 Å². The van der Waals surface area contributed by atoms with Crippen molar-refractivity contribution in [2.24, 2.45) is 4.99 Å². The molecule has 1 fully saturated rings. The van der Waals surface area contributed by atoms with Gasteiger partial charge in [0.05, 0.1) is 22.2 Å². The van der Waals surface area contributed by atoms with Crippen LogP contribution in [0.2, 0.25) is 0 Å². The smallest absolute Gasteiger partial charge is 0.264 e. The number of thioether (sulfide) groups is 1. The summed E-state index contributed by atoms with van der Waals surface area (Å²) >= 11 is 8.09. The lowest BCUT2D eigenvalue weighted by Gasteiger charge is -2.06. The molecule has 0 saturated carbocycles. The first-order valence-electron chi connectivity index (χ1n) is 7.91. The van der Waals surface area contributed by atoms with Gasteiger partial charge in [-0.3, -0.25) is 4.79 Å². The van der Waals surface area contributed by atoms with Crippen molar-refractivity contribution in [3.05, 3.63) is 54.8 Å². The summed E-state index contributed by atoms with van der Waals surface area (Å²) in [4.78, 5) is 17.3. The van der Waals surface area contributed by atoms with Gasteiger partial charge in [-0.2, -0.15) is 0 Å². The largest absolute Gasteiger partial charge is 0.503 e. The number of aliphatic imine (C=N–C) groups is 1. The monoisotopic (exact) mass is 510 g/mol. The Bertz CT molecular complexity index is 980. The van der Waals surface area contributed by atoms with Crippen LogP contribution < -0.4 is 10.1 Å². The van der Waals surface area contributed by atoms with Gasteiger partial charge in [-0.1, -0.05) is 15.9 Å². The fraction of sp³-hybridized carbons (Fsp3) is 0.158. The van der Waals surface area contributed by atoms with Crippen LogP contribution in [-0.4, -0.2) is 23.3 Å². The molecule has 0 aromatic heterocycles. The fourth-order valence-corrected chi connectivity index (χ4v) is 4.10. The number of phenols is 1. The molecule has 2 aromatic carbocycles. The zero-order valence-corrected chi connectivity index (χ0v) is 18.8. The number of amides is 1. The normalized spacial score (nSPS) is 16.9. The van der Waals surface area contributed by atoms with E-state index in [1.165, 1.54) is 18.9 Å². The topological polar surface area (TPSA) is 70.9 Å². The minimum Gasteiger partial charge on any atom is -0.503 e. The van der Waals surface area contributed by atoms with Crippen LogP contribution in [0.4, 0.5) is 5.69 Å². The van der Waals surface area contributed by atoms with E-state index in [9.17, 15) is 9.90 Å². The number of nitrogens with zero attached hydrogens (tertiary/aromatic N) is 1. The molecule has 2 N–H and O–H groups in total. The van der Waals surface area contributed by atoms with E-state index < -0.39 is 0 Å². The van der Waals surface area contributed by atoms with Gasteiger partial charge in [0, 0.05) is 4.47 Å². The average molecular weight is 512 g/mol. The van der Waals surface area contributed by atoms with Gasteiger partial charge in [0.1, 0.15) is 0 Å². The van der Waals surface area contributed by atoms with E-state index in [4.69, 9.17) is 4.74 Å². The molecule has 5 nitrogen and oxygen atoms in total. The molecule has 0 unspecified atom stereocenters. The van der Waals surface area contributed by atoms with Crippen LogP contribution in [0.3, 0.4) is 0 Å². The Labute approximate surface area is 178 Å². The lowest BCUT2D eigenvalue weighted by Crippen LogP contribution is -2.19. The van der Waals surface area contributed by atoms with Crippen molar-refractivity contribution in [1.29, 1.82) is 0 Å². The standard InChI is InChI=1S/C19H16Br2N2O3S/c1-9-4-12(5-10(2)16(9)21)22-19-23-18(25)15(27-19)8-11-6-13(20)17(24)14(7-11)26-3/h4-8,24H,1-3H3,(H,22,23,25)/b15-8-. The van der Waals surface area contributed by atoms with Gasteiger partial charge in [-0.25, -0.2) is 4.99 Å². The Morgan fingerprint density at radius 3 is 2.48 bits per heavy atom. The van der Waals surface area contributed by atoms with Crippen molar-refractivity contribution in [3.8, 4) is 11.5 Å². The Hall–Kier alpha value is -1.77. The van der Waals surface area contributed by atoms with Crippen molar-refractivity contribution in [1.82, 2.24) is 5.32 Å². The molecule has 0 spiro atoms. The van der Waals surface area contributed by atoms with Crippen LogP contribution >= 0.6 is 43.6 Å². The number of rotatable bonds is 3. The van der Waals surface area contributed by atoms with E-state index in [1.54, 1.807) is 18.2 Å². The minimum absolute atomic E-state index is 0.0198. The summed E-state index contributed by atoms with van der Waals surface area (Å²) in [6.45, 7) is 4.01. The summed E-state index contributed by atoms with van der Waals surface area (Å²) in [7, 11) is 1.47. The second-order valence-corrected chi connectivity index (χ2v) is 8.61. The molecule has 27 heavy (non-hydrogen) atoms. The maximum atomic E-state index is 12.3. The maximum absolute atomic E-state index is 12.3. The van der Waals surface area contributed by atoms with Gasteiger partial charge in [0.25, 0.3) is 5.91 Å². The van der Waals surface area contributed by atoms with Crippen LogP contribution in [0.1, 0.15) is 16.7 Å². The highest BCUT2D eigenvalue weighted by Crippen LogP contribution is 2.37. The molecule has 140 valence electrons. The molecule has 0 bridgehead atoms. The summed E-state index contributed by atoms with van der Waals surface area (Å²) in [5.41, 5.74) is 3.68. The number of nitrogens with one attached hydrogen (secondary N) is 1. The molecule has 3 rings (SSSR count). The number of aryl methyl sites for hydroxylation is 2. The van der Waals surface area contributed by atoms with E-state index in [2.05, 4.69) is 42.2 Å². The lowest BCUT2D eigenvalue weighted by molar-refractivity contribution is -0.115. The Morgan fingerprint density at radius 1 is 1.19 bits per heavy atom. The van der Waals surface area contributed by atoms with Crippen LogP contribution in [0.25, 0.3) is 6.08 Å². The van der Waals surface area contributed by atoms with Gasteiger partial charge in [-0.15, -0.1) is 0 Å². The second kappa shape index (κ2) is 8.08. The quantitative estimate of drug-likeness (QED) is 0.538. The van der Waals surface area contributed by atoms with Gasteiger partial charge in [0.15, 0.2) is 16.7 Å². The molecular formula is C19H16Br2N2O3S. The predicted molar refractivity (Wildman–Crippen MR) is 117 cm³/mol. The predicted octanol–water partition coefficient (Wildman–Crippen LogP) is 5.43. The van der Waals surface area contributed by atoms with Crippen molar-refractivity contribution in [2.75, 3.05) is 7.11 Å². The number of hydrogen-bond acceptors (Lipinski definition) is 5. The molecule has 1 aliphatic heterocycles. The number of halogens is 2. The highest BCUT2D eigenvalue weighted by atomic mass is 79.9. The summed E-state index contributed by atoms with van der Waals surface area (Å²) in [5.74, 6) is 0.133. The summed E-state index contributed by atoms with van der Waals surface area (Å²) in [6, 6.07) is 7.30. The van der Waals surface area contributed by atoms with E-state index in [0.717, 1.165) is 26.9 Å². The average Bonchev–Trinajstić information content (AvgIpc) is 2.94. The van der Waals surface area contributed by atoms with Crippen molar-refractivity contribution in [3.63, 3.8) is 0 Å². The molecule has 1 aliphatic rings. The van der Waals surface area contributed by atoms with Gasteiger partial charge < -0.3 is 15.2 Å². The van der Waals surface area contributed by atoms with Crippen LogP contribution in [-0.2, 0) is 4.79 Å². The molecule has 1 heterocycles. The molecule has 0 aliphatic carbocycles. The number of aromatic hydroxyl groups is 1. The number of hydrogen-bond donors (Lipinski definition) is 2. The summed E-state index contributed by atoms with van der Waals surface area (Å²) < 4.78 is 6.70. The fourth-order valence-electron chi connectivity index (χ4n) is 2.57. The molecule has 0 radical (unpaired) electrons. The number of ether oxygens (including phenoxy) is 1. The Morgan fingerprint density at radius 2 is 1.85 bits per heavy atom. The van der Waals surface area contributed by atoms with Crippen LogP contribution in [0.5, 0.6) is 11.5 Å². The number of amidine groups is 1. The number of methoxy groups -OCH3 is 1. The third-order valence-electron chi connectivity index (χ3n) is 3.87. The highest BCUT2D eigenvalue weighted by Gasteiger charge is 2.24. The zero-order chi connectivity index (χ0) is 19.7. The molecule has 1 saturated heterocycles. The molecule has 8 heteroatoms. The van der Waals surface area contributed by atoms with Crippen molar-refractivity contribution >= 4 is 66.5 Å². The summed E-state index contributed by atoms with van der Waals surface area (Å²) in [6.07, 6.45) is 1.73. The summed E-state index contributed by atoms with van der Waals surface area (Å²) in [5, 5.41) is 13.2. The highest BCUT2D eigenvalue weighted by molar-refractivity contribution is 9.10. The molecule has 0 atom stereocenters. The number of benzene rings is 2. The lowest BCUT2D eigenvalue weighted by atomic mass is 10.1. The molecule has 1 amide bonds. The van der Waals surface area contributed by atoms with Crippen molar-refractivity contribution < 1.29 is 14.6 Å². The van der Waals surface area contributed by atoms with E-state index in [0.29, 0.717) is 20.3 Å². The van der Waals surface area contributed by atoms with Crippen LogP contribution in [0, 0.1) is 13.8 Å². The van der Waals surface area contributed by atoms with Gasteiger partial charge in [-0.05, 0) is 88.6 Å². The third-order valence-corrected chi connectivity index (χ3v) is 6.64. The number of carbonyl (C=O) groups is 1. The van der Waals surface area contributed by atoms with E-state index in [1.807, 2.05) is 26.0 Å². The first-order valence-corrected chi connectivity index (χ1v) is 10.3. The minimum atomic E-state index is -0.215.